The second-order valence-electron chi connectivity index (χ2n) is 6.95. The second-order valence-corrected chi connectivity index (χ2v) is 6.95. The third-order valence-electron chi connectivity index (χ3n) is 5.72. The summed E-state index contributed by atoms with van der Waals surface area (Å²) in [6.07, 6.45) is 5.66. The summed E-state index contributed by atoms with van der Waals surface area (Å²) in [5.74, 6) is 1.68. The molecule has 0 aliphatic carbocycles. The molecular formula is C18H21N3O. The van der Waals surface area contributed by atoms with Gasteiger partial charge in [0.05, 0.1) is 6.54 Å². The molecule has 0 amide bonds. The van der Waals surface area contributed by atoms with Crippen molar-refractivity contribution in [2.75, 3.05) is 31.2 Å². The van der Waals surface area contributed by atoms with E-state index in [0.29, 0.717) is 0 Å². The van der Waals surface area contributed by atoms with E-state index in [9.17, 15) is 0 Å². The zero-order valence-electron chi connectivity index (χ0n) is 12.7. The molecule has 0 N–H and O–H groups in total. The van der Waals surface area contributed by atoms with Gasteiger partial charge in [-0.2, -0.15) is 0 Å². The fraction of sp³-hybridized carbons (Fsp3) is 0.500. The minimum atomic E-state index is 0.0455. The third kappa shape index (κ3) is 1.87. The molecule has 1 atom stereocenters. The number of hydroxylamine groups is 1. The van der Waals surface area contributed by atoms with Crippen LogP contribution in [-0.2, 0) is 4.84 Å². The molecule has 0 radical (unpaired) electrons. The van der Waals surface area contributed by atoms with Gasteiger partial charge in [0.1, 0.15) is 5.60 Å². The highest BCUT2D eigenvalue weighted by atomic mass is 16.7. The number of benzene rings is 1. The van der Waals surface area contributed by atoms with Crippen molar-refractivity contribution in [2.24, 2.45) is 5.92 Å². The molecule has 2 bridgehead atoms. The summed E-state index contributed by atoms with van der Waals surface area (Å²) in [5, 5.41) is 4.45. The first-order valence-corrected chi connectivity index (χ1v) is 8.36. The molecule has 6 rings (SSSR count). The molecule has 4 nitrogen and oxygen atoms in total. The molecule has 114 valence electrons. The molecule has 4 aliphatic heterocycles. The molecule has 22 heavy (non-hydrogen) atoms. The third-order valence-corrected chi connectivity index (χ3v) is 5.72. The van der Waals surface area contributed by atoms with E-state index in [2.05, 4.69) is 40.2 Å². The highest BCUT2D eigenvalue weighted by molar-refractivity contribution is 5.83. The van der Waals surface area contributed by atoms with E-state index >= 15 is 0 Å². The number of piperidine rings is 3. The van der Waals surface area contributed by atoms with Crippen LogP contribution in [0.4, 0.5) is 5.82 Å². The average Bonchev–Trinajstić information content (AvgIpc) is 2.99. The number of nitrogens with zero attached hydrogens (tertiary/aromatic N) is 3. The largest absolute Gasteiger partial charge is 0.300 e. The normalized spacial score (nSPS) is 33.9. The smallest absolute Gasteiger partial charge is 0.152 e. The lowest BCUT2D eigenvalue weighted by Gasteiger charge is -2.50. The van der Waals surface area contributed by atoms with Gasteiger partial charge in [-0.3, -0.25) is 4.84 Å². The Labute approximate surface area is 130 Å². The van der Waals surface area contributed by atoms with Gasteiger partial charge in [-0.1, -0.05) is 24.3 Å². The van der Waals surface area contributed by atoms with Crippen LogP contribution in [0.25, 0.3) is 10.8 Å². The van der Waals surface area contributed by atoms with E-state index in [0.717, 1.165) is 31.2 Å². The number of pyridine rings is 1. The summed E-state index contributed by atoms with van der Waals surface area (Å²) in [6.45, 7) is 4.56. The molecule has 4 heteroatoms. The maximum atomic E-state index is 6.49. The van der Waals surface area contributed by atoms with Crippen LogP contribution in [0.5, 0.6) is 0 Å². The van der Waals surface area contributed by atoms with Crippen LogP contribution >= 0.6 is 0 Å². The Bertz CT molecular complexity index is 710. The molecule has 1 aromatic carbocycles. The van der Waals surface area contributed by atoms with Crippen molar-refractivity contribution in [1.82, 2.24) is 9.88 Å². The van der Waals surface area contributed by atoms with Gasteiger partial charge in [-0.15, -0.1) is 0 Å². The van der Waals surface area contributed by atoms with Gasteiger partial charge in [-0.05, 0) is 43.3 Å². The highest BCUT2D eigenvalue weighted by Crippen LogP contribution is 2.44. The van der Waals surface area contributed by atoms with Gasteiger partial charge in [0, 0.05) is 24.5 Å². The molecular weight excluding hydrogens is 274 g/mol. The molecule has 0 saturated carbocycles. The fourth-order valence-corrected chi connectivity index (χ4v) is 4.48. The summed E-state index contributed by atoms with van der Waals surface area (Å²) in [4.78, 5) is 13.7. The van der Waals surface area contributed by atoms with Crippen molar-refractivity contribution < 1.29 is 4.84 Å². The van der Waals surface area contributed by atoms with Crippen LogP contribution in [0.3, 0.4) is 0 Å². The summed E-state index contributed by atoms with van der Waals surface area (Å²) in [6, 6.07) is 10.5. The Morgan fingerprint density at radius 3 is 2.68 bits per heavy atom. The predicted octanol–water partition coefficient (Wildman–Crippen LogP) is 2.84. The van der Waals surface area contributed by atoms with E-state index in [1.54, 1.807) is 0 Å². The predicted molar refractivity (Wildman–Crippen MR) is 86.7 cm³/mol. The Morgan fingerprint density at radius 1 is 1.09 bits per heavy atom. The van der Waals surface area contributed by atoms with Gasteiger partial charge in [0.2, 0.25) is 0 Å². The number of fused-ring (bicyclic) bond motifs is 3. The zero-order valence-corrected chi connectivity index (χ0v) is 12.7. The van der Waals surface area contributed by atoms with Crippen molar-refractivity contribution in [2.45, 2.75) is 24.9 Å². The van der Waals surface area contributed by atoms with E-state index in [-0.39, 0.29) is 5.60 Å². The molecule has 4 saturated heterocycles. The number of hydrogen-bond acceptors (Lipinski definition) is 4. The van der Waals surface area contributed by atoms with Crippen molar-refractivity contribution in [3.63, 3.8) is 0 Å². The Balaban J connectivity index is 1.44. The topological polar surface area (TPSA) is 28.6 Å². The van der Waals surface area contributed by atoms with E-state index in [1.165, 1.54) is 36.7 Å². The second kappa shape index (κ2) is 4.67. The maximum absolute atomic E-state index is 6.49. The molecule has 4 fully saturated rings. The van der Waals surface area contributed by atoms with Gasteiger partial charge in [0.15, 0.2) is 5.82 Å². The first-order chi connectivity index (χ1) is 10.8. The number of rotatable bonds is 1. The van der Waals surface area contributed by atoms with Crippen LogP contribution in [-0.4, -0.2) is 41.7 Å². The van der Waals surface area contributed by atoms with Crippen molar-refractivity contribution in [1.29, 1.82) is 0 Å². The lowest BCUT2D eigenvalue weighted by molar-refractivity contribution is -0.131. The quantitative estimate of drug-likeness (QED) is 0.809. The summed E-state index contributed by atoms with van der Waals surface area (Å²) < 4.78 is 0. The average molecular weight is 295 g/mol. The van der Waals surface area contributed by atoms with Gasteiger partial charge < -0.3 is 4.90 Å². The first-order valence-electron chi connectivity index (χ1n) is 8.36. The lowest BCUT2D eigenvalue weighted by Crippen LogP contribution is -2.59. The van der Waals surface area contributed by atoms with Crippen molar-refractivity contribution in [3.8, 4) is 0 Å². The summed E-state index contributed by atoms with van der Waals surface area (Å²) >= 11 is 0. The lowest BCUT2D eigenvalue weighted by atomic mass is 9.74. The first kappa shape index (κ1) is 12.9. The minimum Gasteiger partial charge on any atom is -0.300 e. The van der Waals surface area contributed by atoms with Crippen molar-refractivity contribution >= 4 is 16.6 Å². The van der Waals surface area contributed by atoms with Crippen LogP contribution in [0.1, 0.15) is 19.3 Å². The van der Waals surface area contributed by atoms with Crippen LogP contribution in [0, 0.1) is 5.92 Å². The molecule has 5 heterocycles. The Hall–Kier alpha value is -1.65. The van der Waals surface area contributed by atoms with Gasteiger partial charge in [-0.25, -0.2) is 10.0 Å². The minimum absolute atomic E-state index is 0.0455. The van der Waals surface area contributed by atoms with Crippen molar-refractivity contribution in [3.05, 3.63) is 36.5 Å². The molecule has 1 aromatic heterocycles. The molecule has 4 aliphatic rings. The summed E-state index contributed by atoms with van der Waals surface area (Å²) in [5.41, 5.74) is 0.0455. The molecule has 1 spiro atoms. The van der Waals surface area contributed by atoms with Gasteiger partial charge >= 0.3 is 0 Å². The Morgan fingerprint density at radius 2 is 1.91 bits per heavy atom. The highest BCUT2D eigenvalue weighted by Gasteiger charge is 2.52. The monoisotopic (exact) mass is 295 g/mol. The standard InChI is InChI=1S/C18H21N3O/c1-2-4-15-12-19-17(11-14(15)3-1)21-10-7-18(22-21)13-20-8-5-16(18)6-9-20/h1-4,11-12,16H,5-10,13H2. The van der Waals surface area contributed by atoms with Crippen LogP contribution < -0.4 is 5.06 Å². The number of aromatic nitrogens is 1. The Kier molecular flexibility index (Phi) is 2.73. The summed E-state index contributed by atoms with van der Waals surface area (Å²) in [7, 11) is 0. The van der Waals surface area contributed by atoms with E-state index < -0.39 is 0 Å². The van der Waals surface area contributed by atoms with Gasteiger partial charge in [0.25, 0.3) is 0 Å². The number of anilines is 1. The SMILES string of the molecule is c1ccc2cc(N3CCC4(CN5CCC4CC5)O3)ncc2c1. The maximum Gasteiger partial charge on any atom is 0.152 e. The van der Waals surface area contributed by atoms with Crippen LogP contribution in [0.2, 0.25) is 0 Å². The van der Waals surface area contributed by atoms with E-state index in [4.69, 9.17) is 4.84 Å². The zero-order chi connectivity index (χ0) is 14.6. The fourth-order valence-electron chi connectivity index (χ4n) is 4.48. The molecule has 2 aromatic rings. The van der Waals surface area contributed by atoms with E-state index in [1.807, 2.05) is 11.3 Å². The van der Waals surface area contributed by atoms with Crippen LogP contribution in [0.15, 0.2) is 36.5 Å². The number of hydrogen-bond donors (Lipinski definition) is 0. The molecule has 1 unspecified atom stereocenters.